The quantitative estimate of drug-likeness (QED) is 0.140. The Bertz CT molecular complexity index is 1550. The molecule has 0 saturated heterocycles. The van der Waals surface area contributed by atoms with Crippen molar-refractivity contribution < 1.29 is 4.79 Å². The number of rotatable bonds is 7. The highest BCUT2D eigenvalue weighted by molar-refractivity contribution is 7.99. The zero-order valence-corrected chi connectivity index (χ0v) is 22.5. The number of benzene rings is 2. The van der Waals surface area contributed by atoms with Gasteiger partial charge in [-0.15, -0.1) is 11.3 Å². The number of hydrogen-bond acceptors (Lipinski definition) is 6. The molecule has 2 heterocycles. The molecule has 0 bridgehead atoms. The van der Waals surface area contributed by atoms with Gasteiger partial charge in [0.25, 0.3) is 11.5 Å². The van der Waals surface area contributed by atoms with Crippen molar-refractivity contribution in [3.8, 4) is 5.69 Å². The maximum atomic E-state index is 13.8. The first kappa shape index (κ1) is 25.2. The lowest BCUT2D eigenvalue weighted by Crippen LogP contribution is -2.24. The monoisotopic (exact) mass is 528 g/mol. The van der Waals surface area contributed by atoms with Gasteiger partial charge in [0.2, 0.25) is 0 Å². The van der Waals surface area contributed by atoms with Crippen LogP contribution in [0.2, 0.25) is 0 Å². The molecule has 188 valence electrons. The van der Waals surface area contributed by atoms with E-state index in [2.05, 4.69) is 10.5 Å². The molecule has 0 unspecified atom stereocenters. The number of nitrogens with one attached hydrogen (secondary N) is 1. The second-order valence-electron chi connectivity index (χ2n) is 9.14. The first-order valence-corrected chi connectivity index (χ1v) is 14.1. The third-order valence-electron chi connectivity index (χ3n) is 6.23. The number of aryl methyl sites for hydroxylation is 3. The third-order valence-corrected chi connectivity index (χ3v) is 8.36. The summed E-state index contributed by atoms with van der Waals surface area (Å²) in [6.45, 7) is 3.94. The minimum absolute atomic E-state index is 0.0594. The second-order valence-corrected chi connectivity index (χ2v) is 11.2. The van der Waals surface area contributed by atoms with Gasteiger partial charge in [0.1, 0.15) is 4.83 Å². The molecule has 1 aliphatic rings. The van der Waals surface area contributed by atoms with Crippen molar-refractivity contribution in [2.24, 2.45) is 5.10 Å². The Morgan fingerprint density at radius 2 is 1.89 bits per heavy atom. The minimum atomic E-state index is -0.260. The number of amides is 1. The summed E-state index contributed by atoms with van der Waals surface area (Å²) in [4.78, 5) is 33.3. The molecule has 1 aliphatic carbocycles. The average Bonchev–Trinajstić information content (AvgIpc) is 3.27. The average molecular weight is 529 g/mol. The van der Waals surface area contributed by atoms with Crippen LogP contribution in [-0.4, -0.2) is 27.4 Å². The van der Waals surface area contributed by atoms with Crippen molar-refractivity contribution in [3.63, 3.8) is 0 Å². The Balaban J connectivity index is 1.38. The van der Waals surface area contributed by atoms with Crippen molar-refractivity contribution in [3.05, 3.63) is 92.1 Å². The molecular formula is C29H28N4O2S2. The fraction of sp³-hybridized carbons (Fsp3) is 0.241. The number of aromatic nitrogens is 2. The zero-order chi connectivity index (χ0) is 25.8. The molecule has 1 N–H and O–H groups in total. The highest BCUT2D eigenvalue weighted by Gasteiger charge is 2.23. The van der Waals surface area contributed by atoms with Crippen molar-refractivity contribution in [1.82, 2.24) is 15.0 Å². The normalized spacial score (nSPS) is 13.7. The number of hydrazone groups is 1. The van der Waals surface area contributed by atoms with Crippen LogP contribution in [0.15, 0.2) is 75.2 Å². The van der Waals surface area contributed by atoms with Gasteiger partial charge >= 0.3 is 0 Å². The van der Waals surface area contributed by atoms with E-state index < -0.39 is 0 Å². The van der Waals surface area contributed by atoms with Gasteiger partial charge in [0.15, 0.2) is 5.16 Å². The summed E-state index contributed by atoms with van der Waals surface area (Å²) in [6, 6.07) is 17.8. The van der Waals surface area contributed by atoms with E-state index in [1.807, 2.05) is 74.5 Å². The molecule has 2 aromatic carbocycles. The van der Waals surface area contributed by atoms with E-state index in [0.29, 0.717) is 5.16 Å². The number of thioether (sulfide) groups is 1. The number of allylic oxidation sites excluding steroid dienone is 1. The van der Waals surface area contributed by atoms with E-state index in [9.17, 15) is 9.59 Å². The predicted octanol–water partition coefficient (Wildman–Crippen LogP) is 5.93. The summed E-state index contributed by atoms with van der Waals surface area (Å²) in [7, 11) is 0. The molecule has 0 spiro atoms. The van der Waals surface area contributed by atoms with Crippen LogP contribution in [0.3, 0.4) is 0 Å². The molecule has 8 heteroatoms. The van der Waals surface area contributed by atoms with Gasteiger partial charge in [-0.05, 0) is 68.4 Å². The first-order valence-electron chi connectivity index (χ1n) is 12.3. The van der Waals surface area contributed by atoms with Crippen LogP contribution < -0.4 is 11.0 Å². The summed E-state index contributed by atoms with van der Waals surface area (Å²) < 4.78 is 1.65. The van der Waals surface area contributed by atoms with E-state index in [-0.39, 0.29) is 17.2 Å². The van der Waals surface area contributed by atoms with Crippen molar-refractivity contribution in [2.75, 3.05) is 5.75 Å². The SMILES string of the molecule is CC(/C=N\NC(=O)CSc1nc2sc3c(c2c(=O)n1-c1ccc(C)cc1)CCCC3)=C\c1ccccc1. The predicted molar refractivity (Wildman–Crippen MR) is 154 cm³/mol. The number of nitrogens with zero attached hydrogens (tertiary/aromatic N) is 3. The van der Waals surface area contributed by atoms with E-state index >= 15 is 0 Å². The molecule has 0 aliphatic heterocycles. The van der Waals surface area contributed by atoms with Crippen LogP contribution in [0.25, 0.3) is 22.0 Å². The Hall–Kier alpha value is -3.49. The smallest absolute Gasteiger partial charge is 0.267 e. The minimum Gasteiger partial charge on any atom is -0.272 e. The fourth-order valence-corrected chi connectivity index (χ4v) is 6.53. The standard InChI is InChI=1S/C29H28N4O2S2/c1-19-12-14-22(15-13-19)33-28(35)26-23-10-6-7-11-24(23)37-27(26)31-29(33)36-18-25(34)32-30-17-20(2)16-21-8-4-3-5-9-21/h3-5,8-9,12-17H,6-7,10-11,18H2,1-2H3,(H,32,34)/b20-16+,30-17-. The number of hydrogen-bond donors (Lipinski definition) is 1. The van der Waals surface area contributed by atoms with E-state index in [4.69, 9.17) is 4.98 Å². The van der Waals surface area contributed by atoms with Gasteiger partial charge in [-0.2, -0.15) is 5.10 Å². The van der Waals surface area contributed by atoms with Crippen LogP contribution in [0.5, 0.6) is 0 Å². The van der Waals surface area contributed by atoms with Crippen molar-refractivity contribution >= 4 is 51.5 Å². The van der Waals surface area contributed by atoms with Crippen LogP contribution in [0.4, 0.5) is 0 Å². The van der Waals surface area contributed by atoms with Crippen LogP contribution in [-0.2, 0) is 17.6 Å². The van der Waals surface area contributed by atoms with Gasteiger partial charge in [0, 0.05) is 4.88 Å². The van der Waals surface area contributed by atoms with E-state index in [0.717, 1.165) is 63.9 Å². The summed E-state index contributed by atoms with van der Waals surface area (Å²) in [6.07, 6.45) is 7.78. The molecule has 2 aromatic heterocycles. The lowest BCUT2D eigenvalue weighted by atomic mass is 9.97. The van der Waals surface area contributed by atoms with E-state index in [1.54, 1.807) is 22.1 Å². The maximum Gasteiger partial charge on any atom is 0.267 e. The van der Waals surface area contributed by atoms with E-state index in [1.165, 1.54) is 16.6 Å². The third kappa shape index (κ3) is 5.76. The van der Waals surface area contributed by atoms with Gasteiger partial charge < -0.3 is 0 Å². The highest BCUT2D eigenvalue weighted by Crippen LogP contribution is 2.35. The van der Waals surface area contributed by atoms with Crippen molar-refractivity contribution in [1.29, 1.82) is 0 Å². The Morgan fingerprint density at radius 3 is 2.68 bits per heavy atom. The first-order chi connectivity index (χ1) is 18.0. The number of thiophene rings is 1. The molecule has 37 heavy (non-hydrogen) atoms. The molecule has 0 fully saturated rings. The summed E-state index contributed by atoms with van der Waals surface area (Å²) in [5.41, 5.74) is 7.54. The Kier molecular flexibility index (Phi) is 7.67. The molecule has 0 radical (unpaired) electrons. The number of carbonyl (C=O) groups is 1. The van der Waals surface area contributed by atoms with Crippen LogP contribution in [0.1, 0.15) is 41.3 Å². The number of fused-ring (bicyclic) bond motifs is 3. The van der Waals surface area contributed by atoms with Gasteiger partial charge in [-0.1, -0.05) is 65.9 Å². The molecule has 0 saturated carbocycles. The fourth-order valence-electron chi connectivity index (χ4n) is 4.42. The van der Waals surface area contributed by atoms with Gasteiger partial charge in [0.05, 0.1) is 23.0 Å². The van der Waals surface area contributed by atoms with Gasteiger partial charge in [-0.25, -0.2) is 10.4 Å². The van der Waals surface area contributed by atoms with Crippen molar-refractivity contribution in [2.45, 2.75) is 44.7 Å². The molecule has 0 atom stereocenters. The van der Waals surface area contributed by atoms with Crippen LogP contribution >= 0.6 is 23.1 Å². The molecular weight excluding hydrogens is 500 g/mol. The lowest BCUT2D eigenvalue weighted by Gasteiger charge is -2.13. The zero-order valence-electron chi connectivity index (χ0n) is 20.9. The highest BCUT2D eigenvalue weighted by atomic mass is 32.2. The molecule has 6 nitrogen and oxygen atoms in total. The van der Waals surface area contributed by atoms with Crippen LogP contribution in [0, 0.1) is 6.92 Å². The maximum absolute atomic E-state index is 13.8. The summed E-state index contributed by atoms with van der Waals surface area (Å²) in [5, 5.41) is 5.34. The summed E-state index contributed by atoms with van der Waals surface area (Å²) in [5.74, 6) is -0.169. The van der Waals surface area contributed by atoms with Gasteiger partial charge in [-0.3, -0.25) is 14.2 Å². The Labute approximate surface area is 224 Å². The number of carbonyl (C=O) groups excluding carboxylic acids is 1. The molecule has 5 rings (SSSR count). The second kappa shape index (κ2) is 11.3. The largest absolute Gasteiger partial charge is 0.272 e. The molecule has 4 aromatic rings. The topological polar surface area (TPSA) is 76.3 Å². The lowest BCUT2D eigenvalue weighted by molar-refractivity contribution is -0.118. The summed E-state index contributed by atoms with van der Waals surface area (Å²) >= 11 is 2.87. The molecule has 1 amide bonds. The Morgan fingerprint density at radius 1 is 1.14 bits per heavy atom.